The molecular formula is C8H8NNaO3S. The second kappa shape index (κ2) is 5.50. The molecule has 0 amide bonds. The van der Waals surface area contributed by atoms with E-state index in [9.17, 15) is 14.9 Å². The summed E-state index contributed by atoms with van der Waals surface area (Å²) in [4.78, 5) is 21.0. The Morgan fingerprint density at radius 3 is 2.50 bits per heavy atom. The molecule has 4 nitrogen and oxygen atoms in total. The van der Waals surface area contributed by atoms with Gasteiger partial charge < -0.3 is 0 Å². The van der Waals surface area contributed by atoms with Crippen LogP contribution in [0.2, 0.25) is 0 Å². The molecule has 1 rings (SSSR count). The number of rotatable bonds is 2. The van der Waals surface area contributed by atoms with Crippen LogP contribution in [0.25, 0.3) is 0 Å². The number of Topliss-reactive ketones (excluding diaryl/α,β-unsaturated/α-hetero) is 1. The average Bonchev–Trinajstić information content (AvgIpc) is 2.04. The van der Waals surface area contributed by atoms with E-state index in [-0.39, 0.29) is 45.9 Å². The molecule has 1 aromatic carbocycles. The molecule has 0 aromatic heterocycles. The molecule has 0 saturated heterocycles. The first-order chi connectivity index (χ1) is 6.02. The minimum absolute atomic E-state index is 0. The van der Waals surface area contributed by atoms with E-state index < -0.39 is 4.92 Å². The molecule has 70 valence electrons. The average molecular weight is 221 g/mol. The summed E-state index contributed by atoms with van der Waals surface area (Å²) >= 11 is 3.90. The first-order valence-corrected chi connectivity index (χ1v) is 3.95. The third-order valence-electron chi connectivity index (χ3n) is 1.58. The molecule has 0 fully saturated rings. The van der Waals surface area contributed by atoms with Crippen LogP contribution < -0.4 is 0 Å². The van der Waals surface area contributed by atoms with Crippen LogP contribution in [0.4, 0.5) is 5.69 Å². The third-order valence-corrected chi connectivity index (χ3v) is 1.96. The van der Waals surface area contributed by atoms with E-state index in [1.54, 1.807) is 0 Å². The molecular weight excluding hydrogens is 213 g/mol. The Morgan fingerprint density at radius 1 is 1.50 bits per heavy atom. The van der Waals surface area contributed by atoms with Gasteiger partial charge in [0.2, 0.25) is 0 Å². The van der Waals surface area contributed by atoms with Gasteiger partial charge in [-0.15, -0.1) is 12.6 Å². The Kier molecular flexibility index (Phi) is 5.36. The second-order valence-corrected chi connectivity index (χ2v) is 3.00. The normalized spacial score (nSPS) is 9.00. The van der Waals surface area contributed by atoms with Crippen molar-refractivity contribution in [1.29, 1.82) is 0 Å². The number of nitro benzene ring substituents is 1. The molecule has 0 atom stereocenters. The summed E-state index contributed by atoms with van der Waals surface area (Å²) in [5.74, 6) is -0.198. The number of hydrogen-bond donors (Lipinski definition) is 1. The number of carbonyl (C=O) groups excluding carboxylic acids is 1. The van der Waals surface area contributed by atoms with Crippen LogP contribution in [0.3, 0.4) is 0 Å². The molecule has 0 unspecified atom stereocenters. The molecule has 0 bridgehead atoms. The van der Waals surface area contributed by atoms with Crippen molar-refractivity contribution in [3.63, 3.8) is 0 Å². The van der Waals surface area contributed by atoms with Crippen molar-refractivity contribution in [3.05, 3.63) is 33.9 Å². The fraction of sp³-hybridized carbons (Fsp3) is 0.125. The standard InChI is InChI=1S/C8H7NO3S.Na.H/c1-5(10)6-2-3-8(13)7(4-6)9(11)12;;/h2-4,13H,1H3;;. The molecule has 0 aliphatic heterocycles. The van der Waals surface area contributed by atoms with Crippen molar-refractivity contribution < 1.29 is 9.72 Å². The van der Waals surface area contributed by atoms with Crippen molar-refractivity contribution in [2.75, 3.05) is 0 Å². The SMILES string of the molecule is CC(=O)c1ccc(S)c([N+](=O)[O-])c1.[NaH]. The molecule has 0 aliphatic carbocycles. The van der Waals surface area contributed by atoms with Gasteiger partial charge in [0, 0.05) is 11.6 Å². The zero-order valence-electron chi connectivity index (χ0n) is 6.85. The quantitative estimate of drug-likeness (QED) is 0.270. The summed E-state index contributed by atoms with van der Waals surface area (Å²) in [6.45, 7) is 1.36. The summed E-state index contributed by atoms with van der Waals surface area (Å²) in [6.07, 6.45) is 0. The summed E-state index contributed by atoms with van der Waals surface area (Å²) in [5.41, 5.74) is 0.181. The van der Waals surface area contributed by atoms with Crippen molar-refractivity contribution in [2.45, 2.75) is 11.8 Å². The zero-order valence-corrected chi connectivity index (χ0v) is 7.75. The fourth-order valence-corrected chi connectivity index (χ4v) is 1.11. The summed E-state index contributed by atoms with van der Waals surface area (Å²) in [5, 5.41) is 10.4. The van der Waals surface area contributed by atoms with Crippen molar-refractivity contribution in [1.82, 2.24) is 0 Å². The molecule has 6 heteroatoms. The van der Waals surface area contributed by atoms with E-state index in [2.05, 4.69) is 12.6 Å². The van der Waals surface area contributed by atoms with Crippen LogP contribution in [0, 0.1) is 10.1 Å². The molecule has 0 saturated carbocycles. The van der Waals surface area contributed by atoms with Gasteiger partial charge in [0.1, 0.15) is 0 Å². The predicted octanol–water partition coefficient (Wildman–Crippen LogP) is 1.44. The fourth-order valence-electron chi connectivity index (χ4n) is 0.889. The number of carbonyl (C=O) groups is 1. The monoisotopic (exact) mass is 221 g/mol. The molecule has 0 aliphatic rings. The molecule has 1 aromatic rings. The van der Waals surface area contributed by atoms with Crippen molar-refractivity contribution >= 4 is 53.7 Å². The van der Waals surface area contributed by atoms with Gasteiger partial charge in [0.15, 0.2) is 5.78 Å². The third kappa shape index (κ3) is 3.09. The maximum absolute atomic E-state index is 10.9. The molecule has 0 radical (unpaired) electrons. The number of thiol groups is 1. The molecule has 0 spiro atoms. The Balaban J connectivity index is 0.00000169. The second-order valence-electron chi connectivity index (χ2n) is 2.52. The van der Waals surface area contributed by atoms with Crippen LogP contribution in [0.15, 0.2) is 23.1 Å². The number of nitrogens with zero attached hydrogens (tertiary/aromatic N) is 1. The Labute approximate surface area is 109 Å². The Bertz CT molecular complexity index is 381. The Hall–Kier alpha value is -0.360. The van der Waals surface area contributed by atoms with Crippen LogP contribution >= 0.6 is 12.6 Å². The molecule has 0 N–H and O–H groups in total. The number of hydrogen-bond acceptors (Lipinski definition) is 4. The zero-order chi connectivity index (χ0) is 10.0. The summed E-state index contributed by atoms with van der Waals surface area (Å²) in [7, 11) is 0. The van der Waals surface area contributed by atoms with Gasteiger partial charge in [-0.1, -0.05) is 0 Å². The minimum atomic E-state index is -0.561. The van der Waals surface area contributed by atoms with Gasteiger partial charge in [-0.05, 0) is 19.1 Å². The van der Waals surface area contributed by atoms with E-state index in [4.69, 9.17) is 0 Å². The van der Waals surface area contributed by atoms with Crippen molar-refractivity contribution in [3.8, 4) is 0 Å². The first kappa shape index (κ1) is 13.6. The van der Waals surface area contributed by atoms with E-state index in [1.165, 1.54) is 25.1 Å². The van der Waals surface area contributed by atoms with Gasteiger partial charge in [-0.25, -0.2) is 0 Å². The number of nitro groups is 1. The van der Waals surface area contributed by atoms with Crippen molar-refractivity contribution in [2.24, 2.45) is 0 Å². The van der Waals surface area contributed by atoms with Gasteiger partial charge in [0.05, 0.1) is 9.82 Å². The van der Waals surface area contributed by atoms with Crippen LogP contribution in [0.5, 0.6) is 0 Å². The molecule has 0 heterocycles. The summed E-state index contributed by atoms with van der Waals surface area (Å²) in [6, 6.07) is 4.18. The van der Waals surface area contributed by atoms with Crippen LogP contribution in [-0.2, 0) is 0 Å². The van der Waals surface area contributed by atoms with Gasteiger partial charge in [-0.2, -0.15) is 0 Å². The van der Waals surface area contributed by atoms with E-state index >= 15 is 0 Å². The predicted molar refractivity (Wildman–Crippen MR) is 57.5 cm³/mol. The van der Waals surface area contributed by atoms with Gasteiger partial charge in [0.25, 0.3) is 5.69 Å². The number of ketones is 1. The maximum atomic E-state index is 10.9. The van der Waals surface area contributed by atoms with E-state index in [0.29, 0.717) is 5.56 Å². The van der Waals surface area contributed by atoms with Crippen LogP contribution in [-0.4, -0.2) is 40.3 Å². The number of benzene rings is 1. The summed E-state index contributed by atoms with van der Waals surface area (Å²) < 4.78 is 0. The van der Waals surface area contributed by atoms with Crippen LogP contribution in [0.1, 0.15) is 17.3 Å². The van der Waals surface area contributed by atoms with E-state index in [0.717, 1.165) is 0 Å². The topological polar surface area (TPSA) is 60.2 Å². The van der Waals surface area contributed by atoms with Gasteiger partial charge >= 0.3 is 29.6 Å². The van der Waals surface area contributed by atoms with E-state index in [1.807, 2.05) is 0 Å². The Morgan fingerprint density at radius 2 is 2.07 bits per heavy atom. The van der Waals surface area contributed by atoms with Gasteiger partial charge in [-0.3, -0.25) is 14.9 Å². The molecule has 14 heavy (non-hydrogen) atoms. The first-order valence-electron chi connectivity index (χ1n) is 3.50.